The molecule has 3 rings (SSSR count). The van der Waals surface area contributed by atoms with Gasteiger partial charge in [0.1, 0.15) is 6.26 Å². The van der Waals surface area contributed by atoms with Crippen LogP contribution >= 0.6 is 24.0 Å². The van der Waals surface area contributed by atoms with Crippen molar-refractivity contribution >= 4 is 29.9 Å². The van der Waals surface area contributed by atoms with Gasteiger partial charge in [-0.3, -0.25) is 9.89 Å². The predicted octanol–water partition coefficient (Wildman–Crippen LogP) is 2.50. The number of likely N-dealkylation sites (tertiary alicyclic amines) is 1. The summed E-state index contributed by atoms with van der Waals surface area (Å²) in [6.45, 7) is 15.0. The third-order valence-corrected chi connectivity index (χ3v) is 5.65. The summed E-state index contributed by atoms with van der Waals surface area (Å²) in [6.07, 6.45) is 5.50. The van der Waals surface area contributed by atoms with Gasteiger partial charge in [0.2, 0.25) is 0 Å². The Morgan fingerprint density at radius 2 is 1.93 bits per heavy atom. The molecule has 2 aliphatic heterocycles. The summed E-state index contributed by atoms with van der Waals surface area (Å²) in [4.78, 5) is 12.3. The van der Waals surface area contributed by atoms with Crippen LogP contribution in [0, 0.1) is 5.92 Å². The average Bonchev–Trinajstić information content (AvgIpc) is 3.19. The zero-order valence-electron chi connectivity index (χ0n) is 17.5. The van der Waals surface area contributed by atoms with E-state index in [1.165, 1.54) is 32.5 Å². The minimum absolute atomic E-state index is 0. The van der Waals surface area contributed by atoms with E-state index >= 15 is 0 Å². The van der Waals surface area contributed by atoms with Gasteiger partial charge < -0.3 is 19.6 Å². The van der Waals surface area contributed by atoms with Gasteiger partial charge in [-0.2, -0.15) is 0 Å². The maximum absolute atomic E-state index is 4.93. The Morgan fingerprint density at radius 1 is 1.18 bits per heavy atom. The topological polar surface area (TPSA) is 60.1 Å². The molecule has 0 aliphatic carbocycles. The van der Waals surface area contributed by atoms with E-state index in [0.717, 1.165) is 69.8 Å². The molecular weight excluding hydrogens is 467 g/mol. The summed E-state index contributed by atoms with van der Waals surface area (Å²) < 4.78 is 4.93. The van der Waals surface area contributed by atoms with Crippen LogP contribution in [0.15, 0.2) is 21.8 Å². The number of hydrogen-bond donors (Lipinski definition) is 1. The molecule has 0 saturated carbocycles. The third-order valence-electron chi connectivity index (χ3n) is 5.65. The number of aliphatic imine (C=N–C) groups is 1. The van der Waals surface area contributed by atoms with E-state index in [1.54, 1.807) is 6.26 Å². The van der Waals surface area contributed by atoms with Crippen molar-refractivity contribution < 1.29 is 4.52 Å². The summed E-state index contributed by atoms with van der Waals surface area (Å²) in [5.41, 5.74) is 1.01. The molecule has 28 heavy (non-hydrogen) atoms. The molecule has 0 bridgehead atoms. The van der Waals surface area contributed by atoms with Gasteiger partial charge in [0.05, 0.1) is 5.69 Å². The molecule has 0 spiro atoms. The Hall–Kier alpha value is -0.870. The molecule has 0 amide bonds. The Labute approximate surface area is 186 Å². The molecule has 0 unspecified atom stereocenters. The van der Waals surface area contributed by atoms with Gasteiger partial charge in [-0.25, -0.2) is 0 Å². The van der Waals surface area contributed by atoms with Crippen LogP contribution in [-0.2, 0) is 6.54 Å². The van der Waals surface area contributed by atoms with Crippen molar-refractivity contribution in [3.63, 3.8) is 0 Å². The highest BCUT2D eigenvalue weighted by molar-refractivity contribution is 14.0. The number of piperidine rings is 1. The standard InChI is InChI=1S/C20H36N6O.HI/c1-3-21-20(22-8-4-9-24-10-5-18(2)6-11-24)26-14-12-25(13-15-26)17-19-7-16-27-23-19;/h7,16,18H,3-6,8-15,17H2,1-2H3,(H,21,22);1H. The fourth-order valence-electron chi connectivity index (χ4n) is 3.86. The van der Waals surface area contributed by atoms with E-state index in [4.69, 9.17) is 9.52 Å². The smallest absolute Gasteiger partial charge is 0.194 e. The number of hydrogen-bond acceptors (Lipinski definition) is 5. The molecule has 0 atom stereocenters. The maximum Gasteiger partial charge on any atom is 0.194 e. The van der Waals surface area contributed by atoms with Crippen molar-refractivity contribution in [2.24, 2.45) is 10.9 Å². The molecule has 3 heterocycles. The Morgan fingerprint density at radius 3 is 2.57 bits per heavy atom. The molecule has 1 N–H and O–H groups in total. The van der Waals surface area contributed by atoms with Gasteiger partial charge in [0.25, 0.3) is 0 Å². The lowest BCUT2D eigenvalue weighted by atomic mass is 9.99. The zero-order chi connectivity index (χ0) is 18.9. The van der Waals surface area contributed by atoms with E-state index in [1.807, 2.05) is 6.07 Å². The van der Waals surface area contributed by atoms with Gasteiger partial charge in [-0.15, -0.1) is 24.0 Å². The highest BCUT2D eigenvalue weighted by atomic mass is 127. The molecule has 1 aromatic rings. The summed E-state index contributed by atoms with van der Waals surface area (Å²) >= 11 is 0. The SMILES string of the molecule is CCNC(=NCCCN1CCC(C)CC1)N1CCN(Cc2ccon2)CC1.I. The van der Waals surface area contributed by atoms with Crippen molar-refractivity contribution in [2.75, 3.05) is 58.9 Å². The van der Waals surface area contributed by atoms with E-state index in [2.05, 4.69) is 39.0 Å². The summed E-state index contributed by atoms with van der Waals surface area (Å²) in [6, 6.07) is 1.95. The average molecular weight is 504 g/mol. The molecule has 1 aromatic heterocycles. The highest BCUT2D eigenvalue weighted by Gasteiger charge is 2.20. The molecule has 7 nitrogen and oxygen atoms in total. The number of rotatable bonds is 7. The summed E-state index contributed by atoms with van der Waals surface area (Å²) in [5.74, 6) is 1.98. The number of halogens is 1. The molecule has 0 radical (unpaired) electrons. The van der Waals surface area contributed by atoms with Gasteiger partial charge in [-0.05, 0) is 51.7 Å². The van der Waals surface area contributed by atoms with Gasteiger partial charge in [0, 0.05) is 51.9 Å². The van der Waals surface area contributed by atoms with Crippen molar-refractivity contribution in [2.45, 2.75) is 39.7 Å². The second-order valence-corrected chi connectivity index (χ2v) is 7.87. The van der Waals surface area contributed by atoms with Crippen molar-refractivity contribution in [1.82, 2.24) is 25.2 Å². The second-order valence-electron chi connectivity index (χ2n) is 7.87. The normalized spacial score (nSPS) is 20.2. The lowest BCUT2D eigenvalue weighted by Crippen LogP contribution is -2.52. The molecular formula is C20H37IN6O. The lowest BCUT2D eigenvalue weighted by Gasteiger charge is -2.36. The fraction of sp³-hybridized carbons (Fsp3) is 0.800. The van der Waals surface area contributed by atoms with Gasteiger partial charge >= 0.3 is 0 Å². The van der Waals surface area contributed by atoms with Crippen molar-refractivity contribution in [3.05, 3.63) is 18.0 Å². The molecule has 2 aliphatic rings. The van der Waals surface area contributed by atoms with Crippen LogP contribution in [0.1, 0.15) is 38.8 Å². The van der Waals surface area contributed by atoms with E-state index in [9.17, 15) is 0 Å². The van der Waals surface area contributed by atoms with Crippen LogP contribution in [0.3, 0.4) is 0 Å². The summed E-state index contributed by atoms with van der Waals surface area (Å²) in [5, 5.41) is 7.49. The molecule has 2 saturated heterocycles. The molecule has 2 fully saturated rings. The lowest BCUT2D eigenvalue weighted by molar-refractivity contribution is 0.169. The predicted molar refractivity (Wildman–Crippen MR) is 124 cm³/mol. The van der Waals surface area contributed by atoms with E-state index < -0.39 is 0 Å². The fourth-order valence-corrected chi connectivity index (χ4v) is 3.86. The van der Waals surface area contributed by atoms with Crippen LogP contribution in [-0.4, -0.2) is 84.7 Å². The Kier molecular flexibility index (Phi) is 10.6. The maximum atomic E-state index is 4.93. The Balaban J connectivity index is 0.00000280. The third kappa shape index (κ3) is 7.51. The summed E-state index contributed by atoms with van der Waals surface area (Å²) in [7, 11) is 0. The van der Waals surface area contributed by atoms with Crippen LogP contribution in [0.25, 0.3) is 0 Å². The zero-order valence-corrected chi connectivity index (χ0v) is 19.8. The monoisotopic (exact) mass is 504 g/mol. The molecule has 160 valence electrons. The number of nitrogens with one attached hydrogen (secondary N) is 1. The quantitative estimate of drug-likeness (QED) is 0.267. The second kappa shape index (κ2) is 12.6. The number of guanidine groups is 1. The molecule has 8 heteroatoms. The van der Waals surface area contributed by atoms with Crippen LogP contribution in [0.2, 0.25) is 0 Å². The first-order valence-corrected chi connectivity index (χ1v) is 10.6. The molecule has 0 aromatic carbocycles. The van der Waals surface area contributed by atoms with Crippen molar-refractivity contribution in [1.29, 1.82) is 0 Å². The van der Waals surface area contributed by atoms with Crippen LogP contribution in [0.4, 0.5) is 0 Å². The van der Waals surface area contributed by atoms with Gasteiger partial charge in [-0.1, -0.05) is 12.1 Å². The first-order valence-electron chi connectivity index (χ1n) is 10.6. The number of piperazine rings is 1. The first-order chi connectivity index (χ1) is 13.2. The van der Waals surface area contributed by atoms with E-state index in [-0.39, 0.29) is 24.0 Å². The Bertz CT molecular complexity index is 551. The number of aromatic nitrogens is 1. The minimum Gasteiger partial charge on any atom is -0.364 e. The first kappa shape index (κ1) is 23.4. The highest BCUT2D eigenvalue weighted by Crippen LogP contribution is 2.15. The number of nitrogens with zero attached hydrogens (tertiary/aromatic N) is 5. The largest absolute Gasteiger partial charge is 0.364 e. The van der Waals surface area contributed by atoms with Crippen LogP contribution < -0.4 is 5.32 Å². The minimum atomic E-state index is 0. The van der Waals surface area contributed by atoms with Crippen LogP contribution in [0.5, 0.6) is 0 Å². The van der Waals surface area contributed by atoms with E-state index in [0.29, 0.717) is 0 Å². The van der Waals surface area contributed by atoms with Gasteiger partial charge in [0.15, 0.2) is 5.96 Å². The van der Waals surface area contributed by atoms with Crippen molar-refractivity contribution in [3.8, 4) is 0 Å².